The highest BCUT2D eigenvalue weighted by Crippen LogP contribution is 2.29. The largest absolute Gasteiger partial charge is 0.379 e. The molecule has 1 aliphatic heterocycles. The van der Waals surface area contributed by atoms with Gasteiger partial charge in [-0.1, -0.05) is 24.1 Å². The predicted molar refractivity (Wildman–Crippen MR) is 98.1 cm³/mol. The quantitative estimate of drug-likeness (QED) is 0.627. The van der Waals surface area contributed by atoms with Gasteiger partial charge in [-0.2, -0.15) is 0 Å². The standard InChI is InChI=1S/C18H29N3O3S/c1-14-5-7-15(8-6-14)25(22,23)21-10-9-19-17-4-2-3-16(17)18-13-24-12-11-20-18/h5-8,16-21H,2-4,9-13H2,1H3. The molecule has 1 heterocycles. The lowest BCUT2D eigenvalue weighted by Crippen LogP contribution is -2.51. The third kappa shape index (κ3) is 5.01. The van der Waals surface area contributed by atoms with Gasteiger partial charge in [0.15, 0.2) is 0 Å². The Hall–Kier alpha value is -0.990. The molecule has 0 amide bonds. The summed E-state index contributed by atoms with van der Waals surface area (Å²) in [6.45, 7) is 5.47. The highest BCUT2D eigenvalue weighted by molar-refractivity contribution is 7.89. The molecule has 1 saturated heterocycles. The minimum absolute atomic E-state index is 0.320. The summed E-state index contributed by atoms with van der Waals surface area (Å²) < 4.78 is 32.8. The molecule has 25 heavy (non-hydrogen) atoms. The molecule has 0 aromatic heterocycles. The van der Waals surface area contributed by atoms with Crippen LogP contribution in [0.5, 0.6) is 0 Å². The fourth-order valence-electron chi connectivity index (χ4n) is 3.83. The van der Waals surface area contributed by atoms with Gasteiger partial charge in [0.25, 0.3) is 0 Å². The average Bonchev–Trinajstić information content (AvgIpc) is 3.08. The van der Waals surface area contributed by atoms with Crippen LogP contribution < -0.4 is 15.4 Å². The van der Waals surface area contributed by atoms with Crippen molar-refractivity contribution in [2.24, 2.45) is 5.92 Å². The van der Waals surface area contributed by atoms with Crippen molar-refractivity contribution < 1.29 is 13.2 Å². The summed E-state index contributed by atoms with van der Waals surface area (Å²) >= 11 is 0. The minimum Gasteiger partial charge on any atom is -0.379 e. The van der Waals surface area contributed by atoms with E-state index >= 15 is 0 Å². The number of sulfonamides is 1. The number of hydrogen-bond donors (Lipinski definition) is 3. The minimum atomic E-state index is -3.43. The van der Waals surface area contributed by atoms with Crippen molar-refractivity contribution in [1.82, 2.24) is 15.4 Å². The lowest BCUT2D eigenvalue weighted by Gasteiger charge is -2.33. The Labute approximate surface area is 150 Å². The Balaban J connectivity index is 1.45. The van der Waals surface area contributed by atoms with E-state index in [2.05, 4.69) is 15.4 Å². The van der Waals surface area contributed by atoms with Crippen LogP contribution in [0.4, 0.5) is 0 Å². The monoisotopic (exact) mass is 367 g/mol. The summed E-state index contributed by atoms with van der Waals surface area (Å²) in [4.78, 5) is 0.320. The van der Waals surface area contributed by atoms with Crippen LogP contribution >= 0.6 is 0 Å². The van der Waals surface area contributed by atoms with Crippen LogP contribution in [0.1, 0.15) is 24.8 Å². The van der Waals surface area contributed by atoms with Gasteiger partial charge < -0.3 is 15.4 Å². The number of aryl methyl sites for hydroxylation is 1. The van der Waals surface area contributed by atoms with Crippen LogP contribution in [0.25, 0.3) is 0 Å². The maximum atomic E-state index is 12.3. The van der Waals surface area contributed by atoms with E-state index in [9.17, 15) is 8.42 Å². The van der Waals surface area contributed by atoms with E-state index in [-0.39, 0.29) is 0 Å². The van der Waals surface area contributed by atoms with E-state index in [0.29, 0.717) is 36.0 Å². The second-order valence-electron chi connectivity index (χ2n) is 7.00. The normalized spacial score (nSPS) is 27.5. The maximum Gasteiger partial charge on any atom is 0.240 e. The summed E-state index contributed by atoms with van der Waals surface area (Å²) in [5.74, 6) is 0.564. The topological polar surface area (TPSA) is 79.5 Å². The lowest BCUT2D eigenvalue weighted by atomic mass is 9.94. The van der Waals surface area contributed by atoms with Gasteiger partial charge in [0.05, 0.1) is 18.1 Å². The van der Waals surface area contributed by atoms with Gasteiger partial charge in [0.1, 0.15) is 0 Å². The first kappa shape index (κ1) is 18.8. The molecule has 1 aromatic carbocycles. The summed E-state index contributed by atoms with van der Waals surface area (Å²) in [7, 11) is -3.43. The van der Waals surface area contributed by atoms with E-state index in [4.69, 9.17) is 4.74 Å². The van der Waals surface area contributed by atoms with E-state index in [1.807, 2.05) is 19.1 Å². The van der Waals surface area contributed by atoms with Crippen LogP contribution in [0.2, 0.25) is 0 Å². The first-order valence-electron chi connectivity index (χ1n) is 9.17. The van der Waals surface area contributed by atoms with Gasteiger partial charge in [0, 0.05) is 31.7 Å². The number of nitrogens with one attached hydrogen (secondary N) is 3. The Kier molecular flexibility index (Phi) is 6.46. The number of hydrogen-bond acceptors (Lipinski definition) is 5. The molecule has 140 valence electrons. The molecule has 7 heteroatoms. The SMILES string of the molecule is Cc1ccc(S(=O)(=O)NCCNC2CCCC2C2COCCN2)cc1. The Morgan fingerprint density at radius 2 is 2.00 bits per heavy atom. The molecule has 0 bridgehead atoms. The second-order valence-corrected chi connectivity index (χ2v) is 8.77. The lowest BCUT2D eigenvalue weighted by molar-refractivity contribution is 0.0526. The Morgan fingerprint density at radius 3 is 2.72 bits per heavy atom. The van der Waals surface area contributed by atoms with Gasteiger partial charge in [-0.25, -0.2) is 13.1 Å². The summed E-state index contributed by atoms with van der Waals surface area (Å²) in [5, 5.41) is 7.09. The van der Waals surface area contributed by atoms with Crippen LogP contribution in [0.3, 0.4) is 0 Å². The van der Waals surface area contributed by atoms with Crippen molar-refractivity contribution in [3.05, 3.63) is 29.8 Å². The molecule has 2 aliphatic rings. The molecule has 3 atom stereocenters. The first-order chi connectivity index (χ1) is 12.1. The van der Waals surface area contributed by atoms with Crippen molar-refractivity contribution in [3.63, 3.8) is 0 Å². The predicted octanol–water partition coefficient (Wildman–Crippen LogP) is 1.02. The fraction of sp³-hybridized carbons (Fsp3) is 0.667. The highest BCUT2D eigenvalue weighted by Gasteiger charge is 2.34. The zero-order valence-corrected chi connectivity index (χ0v) is 15.6. The number of benzene rings is 1. The van der Waals surface area contributed by atoms with Gasteiger partial charge >= 0.3 is 0 Å². The molecule has 3 N–H and O–H groups in total. The fourth-order valence-corrected chi connectivity index (χ4v) is 4.86. The summed E-state index contributed by atoms with van der Waals surface area (Å²) in [6.07, 6.45) is 3.57. The molecular weight excluding hydrogens is 338 g/mol. The molecule has 1 saturated carbocycles. The van der Waals surface area contributed by atoms with Crippen molar-refractivity contribution >= 4 is 10.0 Å². The van der Waals surface area contributed by atoms with Crippen molar-refractivity contribution in [2.75, 3.05) is 32.8 Å². The van der Waals surface area contributed by atoms with Crippen LogP contribution in [0.15, 0.2) is 29.2 Å². The maximum absolute atomic E-state index is 12.3. The third-order valence-corrected chi connectivity index (χ3v) is 6.67. The zero-order valence-electron chi connectivity index (χ0n) is 14.8. The molecule has 0 spiro atoms. The van der Waals surface area contributed by atoms with E-state index in [1.165, 1.54) is 12.8 Å². The molecule has 0 radical (unpaired) electrons. The molecule has 6 nitrogen and oxygen atoms in total. The van der Waals surface area contributed by atoms with Gasteiger partial charge in [-0.3, -0.25) is 0 Å². The number of ether oxygens (including phenoxy) is 1. The molecule has 2 fully saturated rings. The number of morpholine rings is 1. The molecule has 1 aliphatic carbocycles. The zero-order chi connectivity index (χ0) is 17.7. The van der Waals surface area contributed by atoms with E-state index < -0.39 is 10.0 Å². The van der Waals surface area contributed by atoms with E-state index in [0.717, 1.165) is 31.7 Å². The molecule has 3 rings (SSSR count). The van der Waals surface area contributed by atoms with Crippen molar-refractivity contribution in [2.45, 2.75) is 43.2 Å². The van der Waals surface area contributed by atoms with Crippen LogP contribution in [-0.2, 0) is 14.8 Å². The smallest absolute Gasteiger partial charge is 0.240 e. The van der Waals surface area contributed by atoms with Crippen molar-refractivity contribution in [3.8, 4) is 0 Å². The number of rotatable bonds is 7. The van der Waals surface area contributed by atoms with E-state index in [1.54, 1.807) is 12.1 Å². The highest BCUT2D eigenvalue weighted by atomic mass is 32.2. The van der Waals surface area contributed by atoms with Gasteiger partial charge in [0.2, 0.25) is 10.0 Å². The molecule has 3 unspecified atom stereocenters. The molecule has 1 aromatic rings. The molecular formula is C18H29N3O3S. The second kappa shape index (κ2) is 8.60. The van der Waals surface area contributed by atoms with Gasteiger partial charge in [-0.15, -0.1) is 0 Å². The summed E-state index contributed by atoms with van der Waals surface area (Å²) in [6, 6.07) is 7.77. The van der Waals surface area contributed by atoms with Gasteiger partial charge in [-0.05, 0) is 37.8 Å². The average molecular weight is 368 g/mol. The Bertz CT molecular complexity index is 642. The van der Waals surface area contributed by atoms with Crippen LogP contribution in [-0.4, -0.2) is 53.3 Å². The first-order valence-corrected chi connectivity index (χ1v) is 10.7. The van der Waals surface area contributed by atoms with Crippen LogP contribution in [0, 0.1) is 12.8 Å². The third-order valence-electron chi connectivity index (χ3n) is 5.19. The summed E-state index contributed by atoms with van der Waals surface area (Å²) in [5.41, 5.74) is 1.05. The Morgan fingerprint density at radius 1 is 1.20 bits per heavy atom. The van der Waals surface area contributed by atoms with Crippen molar-refractivity contribution in [1.29, 1.82) is 0 Å².